The summed E-state index contributed by atoms with van der Waals surface area (Å²) in [5.41, 5.74) is 1.92. The zero-order valence-electron chi connectivity index (χ0n) is 15.1. The SMILES string of the molecule is CSCc1nc2ccccc2n1CC(=O)Nc1ccnn1C(C)C1CC1. The highest BCUT2D eigenvalue weighted by Gasteiger charge is 2.30. The van der Waals surface area contributed by atoms with Crippen LogP contribution in [0.5, 0.6) is 0 Å². The van der Waals surface area contributed by atoms with Gasteiger partial charge in [-0.15, -0.1) is 0 Å². The molecular formula is C19H23N5OS. The van der Waals surface area contributed by atoms with Gasteiger partial charge in [-0.2, -0.15) is 16.9 Å². The van der Waals surface area contributed by atoms with E-state index in [0.29, 0.717) is 12.0 Å². The first-order valence-electron chi connectivity index (χ1n) is 8.94. The molecule has 2 aromatic heterocycles. The molecule has 1 N–H and O–H groups in total. The maximum atomic E-state index is 12.7. The molecule has 3 aromatic rings. The first kappa shape index (κ1) is 17.1. The summed E-state index contributed by atoms with van der Waals surface area (Å²) in [4.78, 5) is 17.4. The lowest BCUT2D eigenvalue weighted by Gasteiger charge is -2.16. The first-order valence-corrected chi connectivity index (χ1v) is 10.3. The smallest absolute Gasteiger partial charge is 0.245 e. The Balaban J connectivity index is 1.55. The quantitative estimate of drug-likeness (QED) is 0.690. The minimum absolute atomic E-state index is 0.0553. The van der Waals surface area contributed by atoms with Gasteiger partial charge in [0.15, 0.2) is 0 Å². The third-order valence-electron chi connectivity index (χ3n) is 4.94. The second kappa shape index (κ2) is 7.15. The maximum Gasteiger partial charge on any atom is 0.245 e. The number of imidazole rings is 1. The van der Waals surface area contributed by atoms with Crippen LogP contribution in [-0.2, 0) is 17.1 Å². The van der Waals surface area contributed by atoms with E-state index in [2.05, 4.69) is 22.3 Å². The van der Waals surface area contributed by atoms with Gasteiger partial charge in [0.2, 0.25) is 5.91 Å². The van der Waals surface area contributed by atoms with Gasteiger partial charge < -0.3 is 9.88 Å². The number of para-hydroxylation sites is 2. The summed E-state index contributed by atoms with van der Waals surface area (Å²) in [5, 5.41) is 7.44. The van der Waals surface area contributed by atoms with Gasteiger partial charge in [-0.05, 0) is 44.1 Å². The van der Waals surface area contributed by atoms with Crippen molar-refractivity contribution in [2.45, 2.75) is 38.1 Å². The van der Waals surface area contributed by atoms with Crippen LogP contribution >= 0.6 is 11.8 Å². The van der Waals surface area contributed by atoms with E-state index in [4.69, 9.17) is 0 Å². The standard InChI is InChI=1S/C19H23N5OS/c1-13(14-7-8-14)24-17(9-10-20-24)22-19(25)11-23-16-6-4-3-5-15(16)21-18(23)12-26-2/h3-6,9-10,13-14H,7-8,11-12H2,1-2H3,(H,22,25). The third-order valence-corrected chi connectivity index (χ3v) is 5.48. The largest absolute Gasteiger partial charge is 0.318 e. The predicted octanol–water partition coefficient (Wildman–Crippen LogP) is 3.71. The van der Waals surface area contributed by atoms with Crippen LogP contribution in [0.4, 0.5) is 5.82 Å². The van der Waals surface area contributed by atoms with Gasteiger partial charge in [0.25, 0.3) is 0 Å². The van der Waals surface area contributed by atoms with Crippen LogP contribution in [0.15, 0.2) is 36.5 Å². The molecule has 1 amide bonds. The van der Waals surface area contributed by atoms with E-state index in [-0.39, 0.29) is 12.5 Å². The van der Waals surface area contributed by atoms with E-state index in [9.17, 15) is 4.79 Å². The minimum atomic E-state index is -0.0553. The van der Waals surface area contributed by atoms with Crippen molar-refractivity contribution in [3.8, 4) is 0 Å². The topological polar surface area (TPSA) is 64.7 Å². The third kappa shape index (κ3) is 3.35. The van der Waals surface area contributed by atoms with Crippen LogP contribution in [-0.4, -0.2) is 31.5 Å². The van der Waals surface area contributed by atoms with Gasteiger partial charge in [-0.25, -0.2) is 9.67 Å². The maximum absolute atomic E-state index is 12.7. The average Bonchev–Trinajstić information content (AvgIpc) is 3.30. The summed E-state index contributed by atoms with van der Waals surface area (Å²) >= 11 is 1.70. The Bertz CT molecular complexity index is 927. The van der Waals surface area contributed by atoms with Crippen molar-refractivity contribution in [2.75, 3.05) is 11.6 Å². The molecule has 0 aliphatic heterocycles. The zero-order valence-corrected chi connectivity index (χ0v) is 15.9. The summed E-state index contributed by atoms with van der Waals surface area (Å²) in [6.07, 6.45) is 6.28. The predicted molar refractivity (Wildman–Crippen MR) is 105 cm³/mol. The molecule has 26 heavy (non-hydrogen) atoms. The summed E-state index contributed by atoms with van der Waals surface area (Å²) in [5.74, 6) is 3.09. The number of carbonyl (C=O) groups excluding carboxylic acids is 1. The Kier molecular flexibility index (Phi) is 4.72. The number of nitrogens with zero attached hydrogens (tertiary/aromatic N) is 4. The van der Waals surface area contributed by atoms with Gasteiger partial charge in [0.1, 0.15) is 18.2 Å². The number of aromatic nitrogens is 4. The Morgan fingerprint density at radius 3 is 2.92 bits per heavy atom. The summed E-state index contributed by atoms with van der Waals surface area (Å²) in [7, 11) is 0. The van der Waals surface area contributed by atoms with Gasteiger partial charge in [0, 0.05) is 6.07 Å². The molecule has 1 aromatic carbocycles. The van der Waals surface area contributed by atoms with Crippen LogP contribution < -0.4 is 5.32 Å². The van der Waals surface area contributed by atoms with Crippen LogP contribution in [0, 0.1) is 5.92 Å². The molecule has 4 rings (SSSR count). The number of rotatable bonds is 7. The number of thioether (sulfide) groups is 1. The molecule has 1 unspecified atom stereocenters. The number of fused-ring (bicyclic) bond motifs is 1. The molecule has 1 aliphatic carbocycles. The van der Waals surface area contributed by atoms with Crippen molar-refractivity contribution in [2.24, 2.45) is 5.92 Å². The lowest BCUT2D eigenvalue weighted by molar-refractivity contribution is -0.116. The number of anilines is 1. The Labute approximate surface area is 157 Å². The fourth-order valence-corrected chi connectivity index (χ4v) is 3.86. The molecule has 1 saturated carbocycles. The fourth-order valence-electron chi connectivity index (χ4n) is 3.38. The fraction of sp³-hybridized carbons (Fsp3) is 0.421. The molecule has 1 aliphatic rings. The van der Waals surface area contributed by atoms with Crippen molar-refractivity contribution >= 4 is 34.5 Å². The van der Waals surface area contributed by atoms with Gasteiger partial charge in [0.05, 0.1) is 29.0 Å². The number of nitrogens with one attached hydrogen (secondary N) is 1. The highest BCUT2D eigenvalue weighted by molar-refractivity contribution is 7.97. The van der Waals surface area contributed by atoms with Gasteiger partial charge in [-0.3, -0.25) is 4.79 Å². The molecule has 0 radical (unpaired) electrons. The van der Waals surface area contributed by atoms with E-state index in [1.807, 2.05) is 45.8 Å². The van der Waals surface area contributed by atoms with E-state index in [1.54, 1.807) is 18.0 Å². The Morgan fingerprint density at radius 1 is 1.35 bits per heavy atom. The summed E-state index contributed by atoms with van der Waals surface area (Å²) < 4.78 is 3.94. The highest BCUT2D eigenvalue weighted by atomic mass is 32.2. The Morgan fingerprint density at radius 2 is 2.15 bits per heavy atom. The molecule has 0 bridgehead atoms. The molecule has 1 fully saturated rings. The average molecular weight is 369 g/mol. The van der Waals surface area contributed by atoms with E-state index >= 15 is 0 Å². The lowest BCUT2D eigenvalue weighted by atomic mass is 10.2. The molecular weight excluding hydrogens is 346 g/mol. The minimum Gasteiger partial charge on any atom is -0.318 e. The van der Waals surface area contributed by atoms with E-state index in [0.717, 1.165) is 28.4 Å². The van der Waals surface area contributed by atoms with Crippen LogP contribution in [0.3, 0.4) is 0 Å². The van der Waals surface area contributed by atoms with Gasteiger partial charge >= 0.3 is 0 Å². The number of hydrogen-bond acceptors (Lipinski definition) is 4. The first-order chi connectivity index (χ1) is 12.7. The molecule has 2 heterocycles. The normalized spacial score (nSPS) is 15.3. The number of amides is 1. The molecule has 136 valence electrons. The second-order valence-corrected chi connectivity index (χ2v) is 7.69. The van der Waals surface area contributed by atoms with Gasteiger partial charge in [-0.1, -0.05) is 12.1 Å². The van der Waals surface area contributed by atoms with Crippen molar-refractivity contribution in [1.82, 2.24) is 19.3 Å². The van der Waals surface area contributed by atoms with Crippen LogP contribution in [0.2, 0.25) is 0 Å². The second-order valence-electron chi connectivity index (χ2n) is 6.82. The van der Waals surface area contributed by atoms with Crippen LogP contribution in [0.1, 0.15) is 31.6 Å². The van der Waals surface area contributed by atoms with Crippen molar-refractivity contribution < 1.29 is 4.79 Å². The zero-order chi connectivity index (χ0) is 18.1. The van der Waals surface area contributed by atoms with E-state index < -0.39 is 0 Å². The highest BCUT2D eigenvalue weighted by Crippen LogP contribution is 2.40. The molecule has 6 nitrogen and oxygen atoms in total. The molecule has 0 spiro atoms. The molecule has 0 saturated heterocycles. The number of benzene rings is 1. The van der Waals surface area contributed by atoms with Crippen molar-refractivity contribution in [1.29, 1.82) is 0 Å². The molecule has 7 heteroatoms. The summed E-state index contributed by atoms with van der Waals surface area (Å²) in [6, 6.07) is 10.1. The molecule has 1 atom stereocenters. The van der Waals surface area contributed by atoms with Crippen molar-refractivity contribution in [3.63, 3.8) is 0 Å². The monoisotopic (exact) mass is 369 g/mol. The summed E-state index contributed by atoms with van der Waals surface area (Å²) in [6.45, 7) is 2.42. The lowest BCUT2D eigenvalue weighted by Crippen LogP contribution is -2.23. The van der Waals surface area contributed by atoms with E-state index in [1.165, 1.54) is 12.8 Å². The number of hydrogen-bond donors (Lipinski definition) is 1. The van der Waals surface area contributed by atoms with Crippen molar-refractivity contribution in [3.05, 3.63) is 42.4 Å². The number of carbonyl (C=O) groups is 1. The van der Waals surface area contributed by atoms with Crippen LogP contribution in [0.25, 0.3) is 11.0 Å². The Hall–Kier alpha value is -2.28.